The number of nitrogens with zero attached hydrogens (tertiary/aromatic N) is 3. The first-order valence-electron chi connectivity index (χ1n) is 9.48. The summed E-state index contributed by atoms with van der Waals surface area (Å²) < 4.78 is 0. The summed E-state index contributed by atoms with van der Waals surface area (Å²) in [7, 11) is 0. The molecule has 3 rings (SSSR count). The Hall–Kier alpha value is -4.05. The first-order valence-corrected chi connectivity index (χ1v) is 9.48. The fraction of sp³-hybridized carbons (Fsp3) is 0.174. The van der Waals surface area contributed by atoms with E-state index in [4.69, 9.17) is 5.41 Å². The highest BCUT2D eigenvalue weighted by atomic mass is 16.1. The van der Waals surface area contributed by atoms with Gasteiger partial charge in [0.1, 0.15) is 0 Å². The Kier molecular flexibility index (Phi) is 6.18. The summed E-state index contributed by atoms with van der Waals surface area (Å²) >= 11 is 0. The number of hydrogen-bond acceptors (Lipinski definition) is 6. The van der Waals surface area contributed by atoms with Crippen LogP contribution in [0.4, 0.5) is 17.1 Å². The van der Waals surface area contributed by atoms with Crippen molar-refractivity contribution in [1.29, 1.82) is 10.7 Å². The average Bonchev–Trinajstić information content (AvgIpc) is 2.73. The standard InChI is InChI=1S/C23H22N6O/c1-14(2)22-17(12-25)5-4-6-20(22)23(30)28-18-8-7-16(11-24)21(10-18)27-19-9-15(3)29-26-13-19/h4-11,13-14,24H,1-3H3,(H,27,29)(H,28,30). The van der Waals surface area contributed by atoms with E-state index in [1.54, 1.807) is 42.6 Å². The van der Waals surface area contributed by atoms with Crippen molar-refractivity contribution < 1.29 is 4.79 Å². The second kappa shape index (κ2) is 8.97. The molecule has 150 valence electrons. The molecule has 0 spiro atoms. The van der Waals surface area contributed by atoms with Gasteiger partial charge in [0.25, 0.3) is 5.91 Å². The maximum atomic E-state index is 13.0. The number of nitrogens with one attached hydrogen (secondary N) is 3. The zero-order valence-corrected chi connectivity index (χ0v) is 17.0. The lowest BCUT2D eigenvalue weighted by atomic mass is 9.92. The summed E-state index contributed by atoms with van der Waals surface area (Å²) in [6.07, 6.45) is 2.83. The minimum absolute atomic E-state index is 0.0292. The molecule has 0 radical (unpaired) electrons. The molecule has 0 bridgehead atoms. The smallest absolute Gasteiger partial charge is 0.255 e. The van der Waals surface area contributed by atoms with Gasteiger partial charge in [0.2, 0.25) is 0 Å². The molecular formula is C23H22N6O. The first kappa shape index (κ1) is 20.7. The van der Waals surface area contributed by atoms with Crippen LogP contribution in [0.1, 0.15) is 52.5 Å². The highest BCUT2D eigenvalue weighted by molar-refractivity contribution is 6.06. The number of hydrogen-bond donors (Lipinski definition) is 3. The Labute approximate surface area is 175 Å². The van der Waals surface area contributed by atoms with Crippen LogP contribution in [0.2, 0.25) is 0 Å². The lowest BCUT2D eigenvalue weighted by Crippen LogP contribution is -2.16. The molecule has 0 saturated carbocycles. The molecule has 1 amide bonds. The maximum Gasteiger partial charge on any atom is 0.255 e. The van der Waals surface area contributed by atoms with Crippen molar-refractivity contribution in [3.8, 4) is 6.07 Å². The predicted octanol–water partition coefficient (Wildman–Crippen LogP) is 4.77. The molecule has 1 heterocycles. The number of nitriles is 1. The van der Waals surface area contributed by atoms with E-state index in [2.05, 4.69) is 26.9 Å². The SMILES string of the molecule is Cc1cc(Nc2cc(NC(=O)c3cccc(C#N)c3C(C)C)ccc2C=N)cnn1. The van der Waals surface area contributed by atoms with E-state index in [1.807, 2.05) is 26.8 Å². The van der Waals surface area contributed by atoms with Crippen LogP contribution in [0.15, 0.2) is 48.7 Å². The molecule has 1 aromatic heterocycles. The zero-order valence-electron chi connectivity index (χ0n) is 17.0. The predicted molar refractivity (Wildman–Crippen MR) is 118 cm³/mol. The summed E-state index contributed by atoms with van der Waals surface area (Å²) in [6, 6.07) is 14.4. The third-order valence-corrected chi connectivity index (χ3v) is 4.57. The largest absolute Gasteiger partial charge is 0.354 e. The fourth-order valence-corrected chi connectivity index (χ4v) is 3.25. The van der Waals surface area contributed by atoms with Crippen molar-refractivity contribution in [1.82, 2.24) is 10.2 Å². The monoisotopic (exact) mass is 398 g/mol. The molecule has 3 aromatic rings. The van der Waals surface area contributed by atoms with Crippen LogP contribution in [0.25, 0.3) is 0 Å². The van der Waals surface area contributed by atoms with E-state index in [1.165, 1.54) is 6.21 Å². The number of carbonyl (C=O) groups excluding carboxylic acids is 1. The van der Waals surface area contributed by atoms with Crippen LogP contribution in [-0.2, 0) is 0 Å². The summed E-state index contributed by atoms with van der Waals surface area (Å²) in [5, 5.41) is 31.0. The number of benzene rings is 2. The third kappa shape index (κ3) is 4.50. The van der Waals surface area contributed by atoms with Crippen LogP contribution >= 0.6 is 0 Å². The molecule has 0 saturated heterocycles. The molecule has 0 unspecified atom stereocenters. The van der Waals surface area contributed by atoms with E-state index in [0.29, 0.717) is 28.1 Å². The van der Waals surface area contributed by atoms with Crippen LogP contribution in [-0.4, -0.2) is 22.3 Å². The third-order valence-electron chi connectivity index (χ3n) is 4.57. The number of carbonyl (C=O) groups is 1. The topological polar surface area (TPSA) is 115 Å². The number of anilines is 3. The van der Waals surface area contributed by atoms with Crippen molar-refractivity contribution >= 4 is 29.2 Å². The van der Waals surface area contributed by atoms with Crippen molar-refractivity contribution in [2.45, 2.75) is 26.7 Å². The Morgan fingerprint density at radius 2 is 2.00 bits per heavy atom. The Morgan fingerprint density at radius 1 is 1.20 bits per heavy atom. The van der Waals surface area contributed by atoms with Gasteiger partial charge in [0.05, 0.1) is 29.2 Å². The Balaban J connectivity index is 1.92. The van der Waals surface area contributed by atoms with Gasteiger partial charge in [0, 0.05) is 28.7 Å². The van der Waals surface area contributed by atoms with Crippen LogP contribution in [0, 0.1) is 23.7 Å². The Bertz CT molecular complexity index is 1150. The van der Waals surface area contributed by atoms with Crippen molar-refractivity contribution in [3.05, 3.63) is 76.6 Å². The number of aryl methyl sites for hydroxylation is 1. The van der Waals surface area contributed by atoms with Crippen molar-refractivity contribution in [3.63, 3.8) is 0 Å². The lowest BCUT2D eigenvalue weighted by molar-refractivity contribution is 0.102. The summed E-state index contributed by atoms with van der Waals surface area (Å²) in [5.41, 5.74) is 5.09. The maximum absolute atomic E-state index is 13.0. The van der Waals surface area contributed by atoms with Gasteiger partial charge in [0.15, 0.2) is 0 Å². The van der Waals surface area contributed by atoms with Crippen LogP contribution in [0.5, 0.6) is 0 Å². The van der Waals surface area contributed by atoms with Gasteiger partial charge in [-0.3, -0.25) is 4.79 Å². The fourth-order valence-electron chi connectivity index (χ4n) is 3.25. The van der Waals surface area contributed by atoms with Crippen molar-refractivity contribution in [2.24, 2.45) is 0 Å². The highest BCUT2D eigenvalue weighted by Gasteiger charge is 2.18. The van der Waals surface area contributed by atoms with Crippen molar-refractivity contribution in [2.75, 3.05) is 10.6 Å². The molecular weight excluding hydrogens is 376 g/mol. The van der Waals surface area contributed by atoms with Gasteiger partial charge < -0.3 is 16.0 Å². The summed E-state index contributed by atoms with van der Waals surface area (Å²) in [5.74, 6) is -0.257. The Morgan fingerprint density at radius 3 is 2.67 bits per heavy atom. The molecule has 2 aromatic carbocycles. The second-order valence-electron chi connectivity index (χ2n) is 7.14. The van der Waals surface area contributed by atoms with Gasteiger partial charge in [-0.2, -0.15) is 15.5 Å². The quantitative estimate of drug-likeness (QED) is 0.517. The molecule has 7 nitrogen and oxygen atoms in total. The van der Waals surface area contributed by atoms with E-state index < -0.39 is 0 Å². The molecule has 3 N–H and O–H groups in total. The van der Waals surface area contributed by atoms with E-state index in [9.17, 15) is 10.1 Å². The van der Waals surface area contributed by atoms with E-state index >= 15 is 0 Å². The number of amides is 1. The lowest BCUT2D eigenvalue weighted by Gasteiger charge is -2.16. The molecule has 30 heavy (non-hydrogen) atoms. The minimum Gasteiger partial charge on any atom is -0.354 e. The summed E-state index contributed by atoms with van der Waals surface area (Å²) in [4.78, 5) is 13.0. The number of aromatic nitrogens is 2. The molecule has 0 fully saturated rings. The molecule has 0 atom stereocenters. The van der Waals surface area contributed by atoms with Gasteiger partial charge in [-0.05, 0) is 54.8 Å². The molecule has 0 aliphatic rings. The van der Waals surface area contributed by atoms with Gasteiger partial charge >= 0.3 is 0 Å². The van der Waals surface area contributed by atoms with E-state index in [-0.39, 0.29) is 11.8 Å². The molecule has 7 heteroatoms. The van der Waals surface area contributed by atoms with Gasteiger partial charge in [-0.15, -0.1) is 0 Å². The van der Waals surface area contributed by atoms with Gasteiger partial charge in [-0.25, -0.2) is 0 Å². The molecule has 0 aliphatic heterocycles. The van der Waals surface area contributed by atoms with E-state index in [0.717, 1.165) is 16.9 Å². The second-order valence-corrected chi connectivity index (χ2v) is 7.14. The highest BCUT2D eigenvalue weighted by Crippen LogP contribution is 2.27. The minimum atomic E-state index is -0.286. The average molecular weight is 398 g/mol. The van der Waals surface area contributed by atoms with Gasteiger partial charge in [-0.1, -0.05) is 19.9 Å². The summed E-state index contributed by atoms with van der Waals surface area (Å²) in [6.45, 7) is 5.76. The molecule has 0 aliphatic carbocycles. The normalized spacial score (nSPS) is 10.4. The van der Waals surface area contributed by atoms with Crippen LogP contribution in [0.3, 0.4) is 0 Å². The zero-order chi connectivity index (χ0) is 21.7. The van der Waals surface area contributed by atoms with Crippen LogP contribution < -0.4 is 10.6 Å². The first-order chi connectivity index (χ1) is 14.4. The number of rotatable bonds is 6.